The molecule has 1 saturated carbocycles. The SMILES string of the molecule is CCC[C@H](C)N(C(=O)O)c1ccc(-c2nc(C3CC(N4CCN(C)CC4)C3)n3ccnc(C)c23)cc1OC. The maximum Gasteiger partial charge on any atom is 0.412 e. The molecule has 204 valence electrons. The van der Waals surface area contributed by atoms with Crippen LogP contribution in [0.25, 0.3) is 16.8 Å². The van der Waals surface area contributed by atoms with Crippen molar-refractivity contribution in [2.24, 2.45) is 0 Å². The van der Waals surface area contributed by atoms with Gasteiger partial charge in [0.05, 0.1) is 29.7 Å². The van der Waals surface area contributed by atoms with E-state index in [-0.39, 0.29) is 6.04 Å². The molecule has 0 spiro atoms. The van der Waals surface area contributed by atoms with Gasteiger partial charge in [0.25, 0.3) is 0 Å². The molecule has 1 atom stereocenters. The molecule has 1 amide bonds. The number of nitrogens with zero attached hydrogens (tertiary/aromatic N) is 6. The summed E-state index contributed by atoms with van der Waals surface area (Å²) in [7, 11) is 3.78. The number of amides is 1. The quantitative estimate of drug-likeness (QED) is 0.453. The van der Waals surface area contributed by atoms with Crippen molar-refractivity contribution in [2.75, 3.05) is 45.2 Å². The maximum atomic E-state index is 12.2. The third-order valence-corrected chi connectivity index (χ3v) is 8.36. The van der Waals surface area contributed by atoms with Gasteiger partial charge in [-0.15, -0.1) is 0 Å². The molecule has 3 aromatic rings. The number of carboxylic acid groups (broad SMARTS) is 1. The van der Waals surface area contributed by atoms with Gasteiger partial charge in [0, 0.05) is 62.1 Å². The normalized spacial score (nSPS) is 21.3. The van der Waals surface area contributed by atoms with Gasteiger partial charge in [0.1, 0.15) is 11.6 Å². The highest BCUT2D eigenvalue weighted by Gasteiger charge is 2.38. The molecule has 3 heterocycles. The lowest BCUT2D eigenvalue weighted by Gasteiger charge is -2.45. The van der Waals surface area contributed by atoms with Crippen LogP contribution in [0.2, 0.25) is 0 Å². The molecule has 9 nitrogen and oxygen atoms in total. The Morgan fingerprint density at radius 1 is 1.24 bits per heavy atom. The summed E-state index contributed by atoms with van der Waals surface area (Å²) in [6.45, 7) is 10.6. The van der Waals surface area contributed by atoms with Crippen molar-refractivity contribution < 1.29 is 14.6 Å². The largest absolute Gasteiger partial charge is 0.495 e. The Kier molecular flexibility index (Phi) is 7.59. The fraction of sp³-hybridized carbons (Fsp3) is 0.552. The van der Waals surface area contributed by atoms with E-state index in [1.54, 1.807) is 7.11 Å². The minimum Gasteiger partial charge on any atom is -0.495 e. The van der Waals surface area contributed by atoms with Gasteiger partial charge in [-0.05, 0) is 52.3 Å². The second-order valence-electron chi connectivity index (χ2n) is 10.9. The molecule has 1 saturated heterocycles. The zero-order valence-corrected chi connectivity index (χ0v) is 23.2. The molecule has 1 aliphatic heterocycles. The van der Waals surface area contributed by atoms with E-state index in [0.29, 0.717) is 23.4 Å². The molecule has 0 radical (unpaired) electrons. The number of imidazole rings is 1. The van der Waals surface area contributed by atoms with E-state index < -0.39 is 6.09 Å². The van der Waals surface area contributed by atoms with Crippen molar-refractivity contribution in [3.63, 3.8) is 0 Å². The third-order valence-electron chi connectivity index (χ3n) is 8.36. The number of hydrogen-bond donors (Lipinski definition) is 1. The Hall–Kier alpha value is -3.17. The minimum absolute atomic E-state index is 0.157. The number of hydrogen-bond acceptors (Lipinski definition) is 6. The number of rotatable bonds is 8. The van der Waals surface area contributed by atoms with Gasteiger partial charge < -0.3 is 14.7 Å². The van der Waals surface area contributed by atoms with E-state index in [9.17, 15) is 9.90 Å². The van der Waals surface area contributed by atoms with Crippen molar-refractivity contribution in [1.29, 1.82) is 0 Å². The summed E-state index contributed by atoms with van der Waals surface area (Å²) in [5.74, 6) is 2.01. The van der Waals surface area contributed by atoms with Crippen molar-refractivity contribution in [2.45, 2.75) is 64.5 Å². The first kappa shape index (κ1) is 26.4. The van der Waals surface area contributed by atoms with E-state index in [4.69, 9.17) is 9.72 Å². The van der Waals surface area contributed by atoms with Crippen LogP contribution in [0.5, 0.6) is 5.75 Å². The highest BCUT2D eigenvalue weighted by atomic mass is 16.5. The summed E-state index contributed by atoms with van der Waals surface area (Å²) < 4.78 is 7.92. The van der Waals surface area contributed by atoms with Gasteiger partial charge in [-0.3, -0.25) is 19.2 Å². The van der Waals surface area contributed by atoms with E-state index in [1.165, 1.54) is 4.90 Å². The molecule has 1 N–H and O–H groups in total. The number of aromatic nitrogens is 3. The van der Waals surface area contributed by atoms with E-state index in [1.807, 2.05) is 44.4 Å². The van der Waals surface area contributed by atoms with Crippen LogP contribution in [-0.2, 0) is 0 Å². The highest BCUT2D eigenvalue weighted by Crippen LogP contribution is 2.42. The number of fused-ring (bicyclic) bond motifs is 1. The van der Waals surface area contributed by atoms with Crippen molar-refractivity contribution >= 4 is 17.3 Å². The van der Waals surface area contributed by atoms with Crippen molar-refractivity contribution in [1.82, 2.24) is 24.2 Å². The summed E-state index contributed by atoms with van der Waals surface area (Å²) in [4.78, 5) is 28.4. The summed E-state index contributed by atoms with van der Waals surface area (Å²) in [6, 6.07) is 6.18. The summed E-state index contributed by atoms with van der Waals surface area (Å²) >= 11 is 0. The van der Waals surface area contributed by atoms with Gasteiger partial charge in [-0.25, -0.2) is 9.78 Å². The van der Waals surface area contributed by atoms with E-state index in [2.05, 4.69) is 33.2 Å². The summed E-state index contributed by atoms with van der Waals surface area (Å²) in [5, 5.41) is 9.97. The van der Waals surface area contributed by atoms with E-state index >= 15 is 0 Å². The number of ether oxygens (including phenoxy) is 1. The Morgan fingerprint density at radius 3 is 2.63 bits per heavy atom. The minimum atomic E-state index is -0.980. The monoisotopic (exact) mass is 520 g/mol. The Morgan fingerprint density at radius 2 is 1.97 bits per heavy atom. The van der Waals surface area contributed by atoms with E-state index in [0.717, 1.165) is 80.2 Å². The Labute approximate surface area is 225 Å². The molecule has 38 heavy (non-hydrogen) atoms. The number of anilines is 1. The first-order chi connectivity index (χ1) is 18.3. The molecule has 2 aliphatic rings. The van der Waals surface area contributed by atoms with Gasteiger partial charge >= 0.3 is 6.09 Å². The van der Waals surface area contributed by atoms with Gasteiger partial charge in [0.15, 0.2) is 0 Å². The lowest BCUT2D eigenvalue weighted by Crippen LogP contribution is -2.52. The lowest BCUT2D eigenvalue weighted by atomic mass is 9.78. The van der Waals surface area contributed by atoms with Crippen LogP contribution in [-0.4, -0.2) is 87.8 Å². The molecule has 2 fully saturated rings. The molecule has 1 aliphatic carbocycles. The number of aryl methyl sites for hydroxylation is 1. The number of benzene rings is 1. The molecule has 1 aromatic carbocycles. The van der Waals surface area contributed by atoms with Crippen LogP contribution < -0.4 is 9.64 Å². The lowest BCUT2D eigenvalue weighted by molar-refractivity contribution is 0.0586. The number of piperazine rings is 1. The van der Waals surface area contributed by atoms with Crippen molar-refractivity contribution in [3.05, 3.63) is 42.1 Å². The Balaban J connectivity index is 1.47. The van der Waals surface area contributed by atoms with Crippen LogP contribution in [0, 0.1) is 6.92 Å². The van der Waals surface area contributed by atoms with Crippen LogP contribution in [0.3, 0.4) is 0 Å². The molecule has 0 bridgehead atoms. The van der Waals surface area contributed by atoms with Gasteiger partial charge in [-0.1, -0.05) is 19.4 Å². The Bertz CT molecular complexity index is 1290. The van der Waals surface area contributed by atoms with Crippen LogP contribution >= 0.6 is 0 Å². The second kappa shape index (κ2) is 10.9. The maximum absolute atomic E-state index is 12.2. The standard InChI is InChI=1S/C29H40N6O3/c1-6-7-19(2)35(29(36)37)24-9-8-21(18-25(24)38-5)26-27-20(3)30-10-11-34(27)28(31-26)22-16-23(17-22)33-14-12-32(4)13-15-33/h8-11,18-19,22-23H,6-7,12-17H2,1-5H3,(H,36,37)/t19-,22?,23?/m0/s1. The first-order valence-electron chi connectivity index (χ1n) is 13.8. The molecule has 9 heteroatoms. The smallest absolute Gasteiger partial charge is 0.412 e. The molecular formula is C29H40N6O3. The fourth-order valence-electron chi connectivity index (χ4n) is 6.09. The summed E-state index contributed by atoms with van der Waals surface area (Å²) in [6.07, 6.45) is 6.79. The zero-order chi connectivity index (χ0) is 27.0. The number of methoxy groups -OCH3 is 1. The van der Waals surface area contributed by atoms with Gasteiger partial charge in [0.2, 0.25) is 0 Å². The zero-order valence-electron chi connectivity index (χ0n) is 23.2. The van der Waals surface area contributed by atoms with Crippen LogP contribution in [0.4, 0.5) is 10.5 Å². The average Bonchev–Trinajstić information content (AvgIpc) is 3.25. The van der Waals surface area contributed by atoms with Gasteiger partial charge in [-0.2, -0.15) is 0 Å². The summed E-state index contributed by atoms with van der Waals surface area (Å²) in [5.41, 5.74) is 4.23. The van der Waals surface area contributed by atoms with Crippen molar-refractivity contribution in [3.8, 4) is 17.0 Å². The fourth-order valence-corrected chi connectivity index (χ4v) is 6.09. The third kappa shape index (κ3) is 4.85. The topological polar surface area (TPSA) is 86.4 Å². The average molecular weight is 521 g/mol. The molecule has 0 unspecified atom stereocenters. The molecular weight excluding hydrogens is 480 g/mol. The van der Waals surface area contributed by atoms with Crippen LogP contribution in [0.15, 0.2) is 30.6 Å². The molecule has 2 aromatic heterocycles. The van der Waals surface area contributed by atoms with Crippen LogP contribution in [0.1, 0.15) is 57.0 Å². The highest BCUT2D eigenvalue weighted by molar-refractivity contribution is 5.90. The second-order valence-corrected chi connectivity index (χ2v) is 10.9. The number of carbonyl (C=O) groups is 1. The number of likely N-dealkylation sites (N-methyl/N-ethyl adjacent to an activating group) is 1. The first-order valence-corrected chi connectivity index (χ1v) is 13.8. The predicted molar refractivity (Wildman–Crippen MR) is 149 cm³/mol. The predicted octanol–water partition coefficient (Wildman–Crippen LogP) is 4.88. The molecule has 5 rings (SSSR count).